The van der Waals surface area contributed by atoms with Gasteiger partial charge in [0.05, 0.1) is 13.0 Å². The highest BCUT2D eigenvalue weighted by molar-refractivity contribution is 5.92. The van der Waals surface area contributed by atoms with Crippen LogP contribution in [0.1, 0.15) is 23.1 Å². The van der Waals surface area contributed by atoms with Crippen molar-refractivity contribution in [2.45, 2.75) is 27.2 Å². The average molecular weight is 298 g/mol. The lowest BCUT2D eigenvalue weighted by atomic mass is 10.1. The number of amides is 1. The molecule has 0 saturated heterocycles. The van der Waals surface area contributed by atoms with Crippen LogP contribution in [0.2, 0.25) is 0 Å². The number of nitrogen functional groups attached to an aromatic ring is 1. The van der Waals surface area contributed by atoms with Gasteiger partial charge < -0.3 is 15.8 Å². The van der Waals surface area contributed by atoms with Crippen molar-refractivity contribution in [1.82, 2.24) is 0 Å². The Hall–Kier alpha value is -2.49. The molecule has 0 aliphatic rings. The van der Waals surface area contributed by atoms with E-state index in [4.69, 9.17) is 10.5 Å². The van der Waals surface area contributed by atoms with Crippen LogP contribution in [0.5, 0.6) is 5.75 Å². The highest BCUT2D eigenvalue weighted by Gasteiger charge is 2.06. The van der Waals surface area contributed by atoms with Crippen LogP contribution in [0.25, 0.3) is 0 Å². The molecule has 0 spiro atoms. The number of nitrogens with two attached hydrogens (primary N) is 1. The van der Waals surface area contributed by atoms with Crippen molar-refractivity contribution < 1.29 is 9.53 Å². The predicted molar refractivity (Wildman–Crippen MR) is 90.2 cm³/mol. The molecule has 0 saturated carbocycles. The molecule has 0 aliphatic carbocycles. The first kappa shape index (κ1) is 15.9. The van der Waals surface area contributed by atoms with Gasteiger partial charge in [0, 0.05) is 11.4 Å². The Kier molecular flexibility index (Phi) is 5.04. The topological polar surface area (TPSA) is 64.3 Å². The quantitative estimate of drug-likeness (QED) is 0.829. The Morgan fingerprint density at radius 1 is 1.09 bits per heavy atom. The van der Waals surface area contributed by atoms with Crippen molar-refractivity contribution in [2.24, 2.45) is 0 Å². The summed E-state index contributed by atoms with van der Waals surface area (Å²) < 4.78 is 5.67. The molecule has 2 rings (SSSR count). The number of ether oxygens (including phenoxy) is 1. The summed E-state index contributed by atoms with van der Waals surface area (Å²) in [6.07, 6.45) is 0.293. The first-order chi connectivity index (χ1) is 10.5. The van der Waals surface area contributed by atoms with E-state index in [1.54, 1.807) is 6.07 Å². The summed E-state index contributed by atoms with van der Waals surface area (Å²) in [6.45, 7) is 6.31. The monoisotopic (exact) mass is 298 g/mol. The molecule has 0 radical (unpaired) electrons. The van der Waals surface area contributed by atoms with Crippen LogP contribution in [0.15, 0.2) is 36.4 Å². The van der Waals surface area contributed by atoms with Gasteiger partial charge in [0.25, 0.3) is 0 Å². The fourth-order valence-electron chi connectivity index (χ4n) is 2.20. The predicted octanol–water partition coefficient (Wildman–Crippen LogP) is 3.60. The van der Waals surface area contributed by atoms with Crippen LogP contribution in [0.4, 0.5) is 11.4 Å². The zero-order valence-corrected chi connectivity index (χ0v) is 13.3. The van der Waals surface area contributed by atoms with Gasteiger partial charge in [0.15, 0.2) is 0 Å². The molecule has 1 amide bonds. The van der Waals surface area contributed by atoms with Crippen molar-refractivity contribution in [3.63, 3.8) is 0 Å². The normalized spacial score (nSPS) is 10.3. The summed E-state index contributed by atoms with van der Waals surface area (Å²) in [4.78, 5) is 12.0. The lowest BCUT2D eigenvalue weighted by Gasteiger charge is -2.11. The third kappa shape index (κ3) is 4.25. The molecule has 4 nitrogen and oxygen atoms in total. The van der Waals surface area contributed by atoms with E-state index >= 15 is 0 Å². The first-order valence-electron chi connectivity index (χ1n) is 7.32. The van der Waals surface area contributed by atoms with Gasteiger partial charge in [-0.3, -0.25) is 4.79 Å². The molecular weight excluding hydrogens is 276 g/mol. The summed E-state index contributed by atoms with van der Waals surface area (Å²) in [5.41, 5.74) is 10.4. The molecule has 2 aromatic carbocycles. The van der Waals surface area contributed by atoms with Gasteiger partial charge in [-0.2, -0.15) is 0 Å². The maximum Gasteiger partial charge on any atom is 0.227 e. The molecule has 0 heterocycles. The smallest absolute Gasteiger partial charge is 0.227 e. The van der Waals surface area contributed by atoms with Crippen molar-refractivity contribution >= 4 is 17.3 Å². The van der Waals surface area contributed by atoms with Crippen LogP contribution >= 0.6 is 0 Å². The van der Waals surface area contributed by atoms with Crippen molar-refractivity contribution in [3.05, 3.63) is 53.1 Å². The van der Waals surface area contributed by atoms with Crippen LogP contribution in [0.3, 0.4) is 0 Å². The zero-order valence-electron chi connectivity index (χ0n) is 13.3. The molecule has 0 unspecified atom stereocenters. The van der Waals surface area contributed by atoms with Gasteiger partial charge in [-0.25, -0.2) is 0 Å². The molecule has 4 heteroatoms. The third-order valence-corrected chi connectivity index (χ3v) is 3.45. The second kappa shape index (κ2) is 6.98. The first-order valence-corrected chi connectivity index (χ1v) is 7.32. The van der Waals surface area contributed by atoms with Gasteiger partial charge in [-0.15, -0.1) is 0 Å². The van der Waals surface area contributed by atoms with E-state index in [2.05, 4.69) is 11.4 Å². The van der Waals surface area contributed by atoms with E-state index in [-0.39, 0.29) is 5.91 Å². The lowest BCUT2D eigenvalue weighted by Crippen LogP contribution is -2.16. The minimum atomic E-state index is -0.0848. The molecule has 0 aliphatic heterocycles. The molecule has 2 aromatic rings. The van der Waals surface area contributed by atoms with E-state index < -0.39 is 0 Å². The van der Waals surface area contributed by atoms with Gasteiger partial charge >= 0.3 is 0 Å². The SMILES string of the molecule is Cc1ccc(OCCC(=O)Nc2cc(N)ccc2C)c(C)c1. The Morgan fingerprint density at radius 3 is 2.59 bits per heavy atom. The van der Waals surface area contributed by atoms with Crippen molar-refractivity contribution in [2.75, 3.05) is 17.7 Å². The van der Waals surface area contributed by atoms with Gasteiger partial charge in [-0.05, 0) is 50.1 Å². The third-order valence-electron chi connectivity index (χ3n) is 3.45. The number of benzene rings is 2. The van der Waals surface area contributed by atoms with Crippen LogP contribution < -0.4 is 15.8 Å². The molecule has 0 bridgehead atoms. The van der Waals surface area contributed by atoms with Crippen LogP contribution in [-0.4, -0.2) is 12.5 Å². The molecule has 0 aromatic heterocycles. The number of aryl methyl sites for hydroxylation is 3. The van der Waals surface area contributed by atoms with Crippen molar-refractivity contribution in [1.29, 1.82) is 0 Å². The number of carbonyl (C=O) groups excluding carboxylic acids is 1. The zero-order chi connectivity index (χ0) is 16.1. The van der Waals surface area contributed by atoms with Gasteiger partial charge in [-0.1, -0.05) is 23.8 Å². The maximum atomic E-state index is 12.0. The number of rotatable bonds is 5. The molecule has 0 atom stereocenters. The fourth-order valence-corrected chi connectivity index (χ4v) is 2.20. The Balaban J connectivity index is 1.86. The van der Waals surface area contributed by atoms with E-state index in [0.717, 1.165) is 22.6 Å². The van der Waals surface area contributed by atoms with Crippen LogP contribution in [0, 0.1) is 20.8 Å². The number of hydrogen-bond donors (Lipinski definition) is 2. The molecule has 0 fully saturated rings. The lowest BCUT2D eigenvalue weighted by molar-refractivity contribution is -0.116. The summed E-state index contributed by atoms with van der Waals surface area (Å²) >= 11 is 0. The Morgan fingerprint density at radius 2 is 1.86 bits per heavy atom. The molecular formula is C18H22N2O2. The Bertz CT molecular complexity index is 681. The second-order valence-corrected chi connectivity index (χ2v) is 5.49. The minimum absolute atomic E-state index is 0.0848. The summed E-state index contributed by atoms with van der Waals surface area (Å²) in [7, 11) is 0. The highest BCUT2D eigenvalue weighted by atomic mass is 16.5. The van der Waals surface area contributed by atoms with E-state index in [1.165, 1.54) is 5.56 Å². The maximum absolute atomic E-state index is 12.0. The standard InChI is InChI=1S/C18H22N2O2/c1-12-4-7-17(14(3)10-12)22-9-8-18(21)20-16-11-15(19)6-5-13(16)2/h4-7,10-11H,8-9,19H2,1-3H3,(H,20,21). The number of nitrogens with one attached hydrogen (secondary N) is 1. The number of anilines is 2. The molecule has 22 heavy (non-hydrogen) atoms. The molecule has 3 N–H and O–H groups in total. The number of hydrogen-bond acceptors (Lipinski definition) is 3. The second-order valence-electron chi connectivity index (χ2n) is 5.49. The largest absolute Gasteiger partial charge is 0.493 e. The molecule has 116 valence electrons. The highest BCUT2D eigenvalue weighted by Crippen LogP contribution is 2.20. The minimum Gasteiger partial charge on any atom is -0.493 e. The Labute approximate surface area is 131 Å². The van der Waals surface area contributed by atoms with Crippen molar-refractivity contribution in [3.8, 4) is 5.75 Å². The number of carbonyl (C=O) groups is 1. The van der Waals surface area contributed by atoms with E-state index in [1.807, 2.05) is 45.0 Å². The van der Waals surface area contributed by atoms with E-state index in [0.29, 0.717) is 18.7 Å². The van der Waals surface area contributed by atoms with Crippen LogP contribution in [-0.2, 0) is 4.79 Å². The average Bonchev–Trinajstić information content (AvgIpc) is 2.45. The summed E-state index contributed by atoms with van der Waals surface area (Å²) in [6, 6.07) is 11.5. The van der Waals surface area contributed by atoms with Gasteiger partial charge in [0.2, 0.25) is 5.91 Å². The summed E-state index contributed by atoms with van der Waals surface area (Å²) in [5.74, 6) is 0.733. The van der Waals surface area contributed by atoms with E-state index in [9.17, 15) is 4.79 Å². The summed E-state index contributed by atoms with van der Waals surface area (Å²) in [5, 5.41) is 2.86. The van der Waals surface area contributed by atoms with Gasteiger partial charge in [0.1, 0.15) is 5.75 Å². The fraction of sp³-hybridized carbons (Fsp3) is 0.278.